The van der Waals surface area contributed by atoms with Crippen molar-refractivity contribution in [2.45, 2.75) is 31.4 Å². The van der Waals surface area contributed by atoms with Crippen LogP contribution in [0, 0.1) is 0 Å². The van der Waals surface area contributed by atoms with Gasteiger partial charge in [-0.05, 0) is 17.2 Å². The summed E-state index contributed by atoms with van der Waals surface area (Å²) in [6.45, 7) is 2.23. The van der Waals surface area contributed by atoms with Gasteiger partial charge in [-0.3, -0.25) is 0 Å². The summed E-state index contributed by atoms with van der Waals surface area (Å²) < 4.78 is 0. The van der Waals surface area contributed by atoms with E-state index in [1.165, 1.54) is 30.0 Å². The van der Waals surface area contributed by atoms with E-state index in [4.69, 9.17) is 11.1 Å². The molecule has 2 rings (SSSR count). The van der Waals surface area contributed by atoms with Crippen molar-refractivity contribution in [1.29, 1.82) is 0 Å². The van der Waals surface area contributed by atoms with Crippen molar-refractivity contribution in [3.8, 4) is 0 Å². The third-order valence-electron chi connectivity index (χ3n) is 3.51. The lowest BCUT2D eigenvalue weighted by Gasteiger charge is -2.22. The average molecular weight is 289 g/mol. The predicted octanol–water partition coefficient (Wildman–Crippen LogP) is 5.12. The van der Waals surface area contributed by atoms with Crippen molar-refractivity contribution < 1.29 is 0 Å². The van der Waals surface area contributed by atoms with Crippen LogP contribution in [0.1, 0.15) is 36.4 Å². The Hall–Kier alpha value is -1.05. The van der Waals surface area contributed by atoms with Gasteiger partial charge in [0.05, 0.1) is 0 Å². The lowest BCUT2D eigenvalue weighted by molar-refractivity contribution is 0.869. The summed E-state index contributed by atoms with van der Waals surface area (Å²) in [7, 11) is -1.32. The molecule has 0 spiro atoms. The van der Waals surface area contributed by atoms with Crippen LogP contribution < -0.4 is 0 Å². The van der Waals surface area contributed by atoms with E-state index in [0.29, 0.717) is 5.54 Å². The first-order chi connectivity index (χ1) is 9.33. The van der Waals surface area contributed by atoms with Crippen LogP contribution in [0.25, 0.3) is 0 Å². The Morgan fingerprint density at radius 2 is 1.37 bits per heavy atom. The SMILES string of the molecule is CCCC[SiH](Cl)C(c1ccccc1)c1ccccc1. The van der Waals surface area contributed by atoms with Gasteiger partial charge < -0.3 is 0 Å². The Balaban J connectivity index is 2.29. The van der Waals surface area contributed by atoms with E-state index in [0.717, 1.165) is 0 Å². The summed E-state index contributed by atoms with van der Waals surface area (Å²) in [6, 6.07) is 22.7. The van der Waals surface area contributed by atoms with Crippen LogP contribution in [0.5, 0.6) is 0 Å². The van der Waals surface area contributed by atoms with Crippen molar-refractivity contribution in [1.82, 2.24) is 0 Å². The third-order valence-corrected chi connectivity index (χ3v) is 7.38. The van der Waals surface area contributed by atoms with Crippen LogP contribution in [0.2, 0.25) is 6.04 Å². The van der Waals surface area contributed by atoms with Gasteiger partial charge in [0, 0.05) is 5.54 Å². The number of rotatable bonds is 6. The Morgan fingerprint density at radius 1 is 0.895 bits per heavy atom. The average Bonchev–Trinajstić information content (AvgIpc) is 2.47. The Kier molecular flexibility index (Phi) is 5.68. The lowest BCUT2D eigenvalue weighted by atomic mass is 10.0. The second-order valence-corrected chi connectivity index (χ2v) is 8.92. The molecule has 0 aromatic heterocycles. The maximum atomic E-state index is 6.83. The van der Waals surface area contributed by atoms with Crippen LogP contribution >= 0.6 is 11.1 Å². The molecule has 0 amide bonds. The summed E-state index contributed by atoms with van der Waals surface area (Å²) in [6.07, 6.45) is 2.48. The van der Waals surface area contributed by atoms with Crippen molar-refractivity contribution in [2.75, 3.05) is 0 Å². The third kappa shape index (κ3) is 3.95. The van der Waals surface area contributed by atoms with Gasteiger partial charge in [0.2, 0.25) is 0 Å². The van der Waals surface area contributed by atoms with Crippen LogP contribution in [-0.2, 0) is 0 Å². The van der Waals surface area contributed by atoms with E-state index in [2.05, 4.69) is 67.6 Å². The molecule has 0 aliphatic heterocycles. The Morgan fingerprint density at radius 3 is 1.79 bits per heavy atom. The highest BCUT2D eigenvalue weighted by Crippen LogP contribution is 2.31. The normalized spacial score (nSPS) is 12.6. The fourth-order valence-corrected chi connectivity index (χ4v) is 6.24. The molecule has 2 aromatic rings. The first-order valence-corrected chi connectivity index (χ1v) is 10.3. The Labute approximate surface area is 122 Å². The summed E-state index contributed by atoms with van der Waals surface area (Å²) in [4.78, 5) is 0. The molecule has 0 saturated heterocycles. The summed E-state index contributed by atoms with van der Waals surface area (Å²) in [5.74, 6) is 0. The number of halogens is 1. The highest BCUT2D eigenvalue weighted by Gasteiger charge is 2.24. The van der Waals surface area contributed by atoms with Gasteiger partial charge in [-0.1, -0.05) is 80.4 Å². The minimum absolute atomic E-state index is 0.426. The first-order valence-electron chi connectivity index (χ1n) is 7.07. The molecular weight excluding hydrogens is 268 g/mol. The summed E-state index contributed by atoms with van der Waals surface area (Å²) >= 11 is 6.83. The highest BCUT2D eigenvalue weighted by molar-refractivity contribution is 7.07. The van der Waals surface area contributed by atoms with E-state index < -0.39 is 8.11 Å². The van der Waals surface area contributed by atoms with Crippen molar-refractivity contribution in [3.05, 3.63) is 71.8 Å². The molecule has 0 aliphatic carbocycles. The maximum absolute atomic E-state index is 6.83. The Bertz CT molecular complexity index is 430. The monoisotopic (exact) mass is 288 g/mol. The standard InChI is InChI=1S/C17H21ClSi/c1-2-3-14-19(18)17(15-10-6-4-7-11-15)16-12-8-5-9-13-16/h4-13,17,19H,2-3,14H2,1H3. The molecule has 1 unspecified atom stereocenters. The van der Waals surface area contributed by atoms with E-state index in [9.17, 15) is 0 Å². The van der Waals surface area contributed by atoms with Gasteiger partial charge in [-0.15, -0.1) is 0 Å². The number of unbranched alkanes of at least 4 members (excludes halogenated alkanes) is 1. The van der Waals surface area contributed by atoms with Gasteiger partial charge in [-0.25, -0.2) is 0 Å². The van der Waals surface area contributed by atoms with E-state index >= 15 is 0 Å². The number of hydrogen-bond donors (Lipinski definition) is 0. The van der Waals surface area contributed by atoms with Crippen molar-refractivity contribution in [3.63, 3.8) is 0 Å². The van der Waals surface area contributed by atoms with Crippen LogP contribution in [-0.4, -0.2) is 8.11 Å². The maximum Gasteiger partial charge on any atom is 0.152 e. The summed E-state index contributed by atoms with van der Waals surface area (Å²) in [5, 5.41) is 0. The molecule has 0 N–H and O–H groups in total. The molecule has 1 atom stereocenters. The van der Waals surface area contributed by atoms with Gasteiger partial charge in [-0.2, -0.15) is 11.1 Å². The van der Waals surface area contributed by atoms with Gasteiger partial charge in [0.25, 0.3) is 0 Å². The summed E-state index contributed by atoms with van der Waals surface area (Å²) in [5.41, 5.74) is 3.17. The smallest absolute Gasteiger partial charge is 0.152 e. The van der Waals surface area contributed by atoms with Crippen molar-refractivity contribution in [2.24, 2.45) is 0 Å². The second-order valence-electron chi connectivity index (χ2n) is 4.96. The number of hydrogen-bond acceptors (Lipinski definition) is 0. The lowest BCUT2D eigenvalue weighted by Crippen LogP contribution is -2.19. The van der Waals surface area contributed by atoms with Gasteiger partial charge >= 0.3 is 0 Å². The zero-order chi connectivity index (χ0) is 13.5. The fourth-order valence-electron chi connectivity index (χ4n) is 2.50. The molecule has 0 heterocycles. The van der Waals surface area contributed by atoms with E-state index in [1.54, 1.807) is 0 Å². The molecule has 0 saturated carbocycles. The predicted molar refractivity (Wildman–Crippen MR) is 87.4 cm³/mol. The largest absolute Gasteiger partial charge is 0.171 e. The fraction of sp³-hybridized carbons (Fsp3) is 0.294. The molecule has 0 nitrogen and oxygen atoms in total. The van der Waals surface area contributed by atoms with E-state index in [-0.39, 0.29) is 0 Å². The van der Waals surface area contributed by atoms with E-state index in [1.807, 2.05) is 0 Å². The molecule has 19 heavy (non-hydrogen) atoms. The molecule has 0 bridgehead atoms. The molecule has 0 fully saturated rings. The molecular formula is C17H21ClSi. The molecule has 0 radical (unpaired) electrons. The quantitative estimate of drug-likeness (QED) is 0.511. The minimum atomic E-state index is -1.32. The van der Waals surface area contributed by atoms with Crippen LogP contribution in [0.4, 0.5) is 0 Å². The minimum Gasteiger partial charge on any atom is -0.171 e. The zero-order valence-electron chi connectivity index (χ0n) is 11.4. The highest BCUT2D eigenvalue weighted by atomic mass is 35.6. The second kappa shape index (κ2) is 7.52. The van der Waals surface area contributed by atoms with Gasteiger partial charge in [0.15, 0.2) is 8.11 Å². The molecule has 0 aliphatic rings. The first kappa shape index (κ1) is 14.4. The van der Waals surface area contributed by atoms with Crippen molar-refractivity contribution >= 4 is 19.2 Å². The van der Waals surface area contributed by atoms with Gasteiger partial charge in [0.1, 0.15) is 0 Å². The zero-order valence-corrected chi connectivity index (χ0v) is 13.3. The number of benzene rings is 2. The molecule has 2 aromatic carbocycles. The molecule has 2 heteroatoms. The molecule has 100 valence electrons. The van der Waals surface area contributed by atoms with Crippen LogP contribution in [0.3, 0.4) is 0 Å². The topological polar surface area (TPSA) is 0 Å². The van der Waals surface area contributed by atoms with Crippen LogP contribution in [0.15, 0.2) is 60.7 Å².